The van der Waals surface area contributed by atoms with Crippen molar-refractivity contribution in [2.24, 2.45) is 0 Å². The van der Waals surface area contributed by atoms with Gasteiger partial charge in [0.05, 0.1) is 0 Å². The van der Waals surface area contributed by atoms with Gasteiger partial charge in [-0.2, -0.15) is 0 Å². The Morgan fingerprint density at radius 1 is 0.714 bits per heavy atom. The Kier molecular flexibility index (Phi) is 4.37. The molecule has 0 aliphatic rings. The van der Waals surface area contributed by atoms with Crippen LogP contribution >= 0.6 is 15.9 Å². The van der Waals surface area contributed by atoms with Crippen molar-refractivity contribution in [3.63, 3.8) is 0 Å². The number of hydrogen-bond acceptors (Lipinski definition) is 1. The van der Waals surface area contributed by atoms with Gasteiger partial charge in [0, 0.05) is 4.47 Å². The molecule has 0 radical (unpaired) electrons. The highest BCUT2D eigenvalue weighted by Gasteiger charge is 2.01. The number of hydrogen-bond donors (Lipinski definition) is 0. The highest BCUT2D eigenvalue weighted by molar-refractivity contribution is 9.10. The third-order valence-corrected chi connectivity index (χ3v) is 3.73. The molecule has 21 heavy (non-hydrogen) atoms. The maximum atomic E-state index is 5.87. The van der Waals surface area contributed by atoms with Crippen LogP contribution in [0.1, 0.15) is 5.56 Å². The van der Waals surface area contributed by atoms with Gasteiger partial charge in [0.15, 0.2) is 0 Å². The van der Waals surface area contributed by atoms with Gasteiger partial charge >= 0.3 is 0 Å². The van der Waals surface area contributed by atoms with Gasteiger partial charge in [-0.15, -0.1) is 0 Å². The zero-order chi connectivity index (χ0) is 14.5. The van der Waals surface area contributed by atoms with Crippen molar-refractivity contribution in [3.8, 4) is 16.9 Å². The summed E-state index contributed by atoms with van der Waals surface area (Å²) in [6.07, 6.45) is 0. The summed E-state index contributed by atoms with van der Waals surface area (Å²) >= 11 is 3.51. The van der Waals surface area contributed by atoms with Crippen LogP contribution in [0.2, 0.25) is 0 Å². The molecule has 3 rings (SSSR count). The van der Waals surface area contributed by atoms with Crippen LogP contribution in [-0.2, 0) is 6.61 Å². The van der Waals surface area contributed by atoms with Gasteiger partial charge in [0.1, 0.15) is 12.4 Å². The summed E-state index contributed by atoms with van der Waals surface area (Å²) in [7, 11) is 0. The van der Waals surface area contributed by atoms with E-state index in [1.807, 2.05) is 42.5 Å². The second kappa shape index (κ2) is 6.59. The Morgan fingerprint density at radius 2 is 1.43 bits per heavy atom. The molecule has 0 heterocycles. The maximum absolute atomic E-state index is 5.87. The predicted octanol–water partition coefficient (Wildman–Crippen LogP) is 5.70. The van der Waals surface area contributed by atoms with Crippen molar-refractivity contribution < 1.29 is 4.74 Å². The van der Waals surface area contributed by atoms with Crippen molar-refractivity contribution >= 4 is 15.9 Å². The molecule has 2 heteroatoms. The molecule has 104 valence electrons. The molecule has 0 saturated heterocycles. The van der Waals surface area contributed by atoms with Gasteiger partial charge in [-0.1, -0.05) is 70.5 Å². The monoisotopic (exact) mass is 338 g/mol. The summed E-state index contributed by atoms with van der Waals surface area (Å²) in [4.78, 5) is 0. The van der Waals surface area contributed by atoms with E-state index in [9.17, 15) is 0 Å². The average molecular weight is 339 g/mol. The van der Waals surface area contributed by atoms with Crippen LogP contribution < -0.4 is 4.74 Å². The SMILES string of the molecule is Brc1cccc(-c2cccc(OCc3ccccc3)c2)c1. The van der Waals surface area contributed by atoms with Crippen molar-refractivity contribution in [3.05, 3.63) is 88.9 Å². The lowest BCUT2D eigenvalue weighted by Gasteiger charge is -2.08. The first kappa shape index (κ1) is 13.9. The lowest BCUT2D eigenvalue weighted by atomic mass is 10.1. The number of ether oxygens (including phenoxy) is 1. The highest BCUT2D eigenvalue weighted by Crippen LogP contribution is 2.26. The standard InChI is InChI=1S/C19H15BrO/c20-18-10-4-8-16(12-18)17-9-5-11-19(13-17)21-14-15-6-2-1-3-7-15/h1-13H,14H2. The van der Waals surface area contributed by atoms with Crippen molar-refractivity contribution in [2.45, 2.75) is 6.61 Å². The number of benzene rings is 3. The Hall–Kier alpha value is -2.06. The van der Waals surface area contributed by atoms with Crippen LogP contribution in [0.4, 0.5) is 0 Å². The van der Waals surface area contributed by atoms with Crippen molar-refractivity contribution in [1.29, 1.82) is 0 Å². The lowest BCUT2D eigenvalue weighted by molar-refractivity contribution is 0.306. The maximum Gasteiger partial charge on any atom is 0.120 e. The average Bonchev–Trinajstić information content (AvgIpc) is 2.54. The van der Waals surface area contributed by atoms with Gasteiger partial charge in [-0.05, 0) is 41.0 Å². The fraction of sp³-hybridized carbons (Fsp3) is 0.0526. The molecule has 3 aromatic carbocycles. The normalized spacial score (nSPS) is 10.3. The van der Waals surface area contributed by atoms with E-state index in [0.29, 0.717) is 6.61 Å². The van der Waals surface area contributed by atoms with Crippen LogP contribution in [0.3, 0.4) is 0 Å². The van der Waals surface area contributed by atoms with Gasteiger partial charge in [-0.3, -0.25) is 0 Å². The van der Waals surface area contributed by atoms with Crippen molar-refractivity contribution in [2.75, 3.05) is 0 Å². The first-order valence-corrected chi connectivity index (χ1v) is 7.63. The molecule has 0 aliphatic carbocycles. The van der Waals surface area contributed by atoms with E-state index in [2.05, 4.69) is 52.3 Å². The van der Waals surface area contributed by atoms with E-state index in [1.165, 1.54) is 11.1 Å². The van der Waals surface area contributed by atoms with Crippen LogP contribution in [0.5, 0.6) is 5.75 Å². The number of rotatable bonds is 4. The van der Waals surface area contributed by atoms with E-state index in [4.69, 9.17) is 4.74 Å². The van der Waals surface area contributed by atoms with E-state index in [0.717, 1.165) is 15.8 Å². The smallest absolute Gasteiger partial charge is 0.120 e. The van der Waals surface area contributed by atoms with Gasteiger partial charge in [0.2, 0.25) is 0 Å². The summed E-state index contributed by atoms with van der Waals surface area (Å²) in [5.74, 6) is 0.885. The zero-order valence-electron chi connectivity index (χ0n) is 11.5. The Labute approximate surface area is 133 Å². The summed E-state index contributed by atoms with van der Waals surface area (Å²) in [6.45, 7) is 0.586. The largest absolute Gasteiger partial charge is 0.489 e. The predicted molar refractivity (Wildman–Crippen MR) is 90.4 cm³/mol. The fourth-order valence-corrected chi connectivity index (χ4v) is 2.57. The topological polar surface area (TPSA) is 9.23 Å². The first-order valence-electron chi connectivity index (χ1n) is 6.84. The van der Waals surface area contributed by atoms with Crippen molar-refractivity contribution in [1.82, 2.24) is 0 Å². The summed E-state index contributed by atoms with van der Waals surface area (Å²) < 4.78 is 6.95. The molecule has 0 bridgehead atoms. The minimum absolute atomic E-state index is 0.586. The second-order valence-corrected chi connectivity index (χ2v) is 5.73. The molecule has 0 amide bonds. The zero-order valence-corrected chi connectivity index (χ0v) is 13.1. The third kappa shape index (κ3) is 3.73. The second-order valence-electron chi connectivity index (χ2n) is 4.81. The van der Waals surface area contributed by atoms with E-state index < -0.39 is 0 Å². The minimum Gasteiger partial charge on any atom is -0.489 e. The molecule has 0 fully saturated rings. The van der Waals surface area contributed by atoms with E-state index >= 15 is 0 Å². The summed E-state index contributed by atoms with van der Waals surface area (Å²) in [6, 6.07) is 26.7. The fourth-order valence-electron chi connectivity index (χ4n) is 2.17. The first-order chi connectivity index (χ1) is 10.3. The third-order valence-electron chi connectivity index (χ3n) is 3.24. The number of halogens is 1. The quantitative estimate of drug-likeness (QED) is 0.593. The Bertz CT molecular complexity index is 722. The molecule has 0 atom stereocenters. The Balaban J connectivity index is 1.77. The van der Waals surface area contributed by atoms with Gasteiger partial charge in [-0.25, -0.2) is 0 Å². The molecule has 0 unspecified atom stereocenters. The molecule has 3 aromatic rings. The molecule has 0 N–H and O–H groups in total. The van der Waals surface area contributed by atoms with E-state index in [1.54, 1.807) is 0 Å². The molecular formula is C19H15BrO. The van der Waals surface area contributed by atoms with Crippen LogP contribution in [0, 0.1) is 0 Å². The summed E-state index contributed by atoms with van der Waals surface area (Å²) in [5, 5.41) is 0. The lowest BCUT2D eigenvalue weighted by Crippen LogP contribution is -1.94. The van der Waals surface area contributed by atoms with Crippen LogP contribution in [0.15, 0.2) is 83.3 Å². The van der Waals surface area contributed by atoms with Crippen LogP contribution in [0.25, 0.3) is 11.1 Å². The van der Waals surface area contributed by atoms with Gasteiger partial charge in [0.25, 0.3) is 0 Å². The minimum atomic E-state index is 0.586. The molecule has 0 spiro atoms. The molecule has 0 aromatic heterocycles. The summed E-state index contributed by atoms with van der Waals surface area (Å²) in [5.41, 5.74) is 3.50. The van der Waals surface area contributed by atoms with E-state index in [-0.39, 0.29) is 0 Å². The Morgan fingerprint density at radius 3 is 2.19 bits per heavy atom. The molecule has 1 nitrogen and oxygen atoms in total. The molecule has 0 saturated carbocycles. The molecular weight excluding hydrogens is 324 g/mol. The molecule has 0 aliphatic heterocycles. The van der Waals surface area contributed by atoms with Crippen LogP contribution in [-0.4, -0.2) is 0 Å². The van der Waals surface area contributed by atoms with Gasteiger partial charge < -0.3 is 4.74 Å². The highest BCUT2D eigenvalue weighted by atomic mass is 79.9.